The van der Waals surface area contributed by atoms with E-state index in [0.29, 0.717) is 17.1 Å². The molecule has 20 heavy (non-hydrogen) atoms. The van der Waals surface area contributed by atoms with Crippen molar-refractivity contribution in [2.75, 3.05) is 12.1 Å². The Balaban J connectivity index is 2.55. The van der Waals surface area contributed by atoms with Crippen LogP contribution in [0.25, 0.3) is 11.2 Å². The lowest BCUT2D eigenvalue weighted by atomic mass is 10.2. The second kappa shape index (κ2) is 3.81. The first-order chi connectivity index (χ1) is 9.34. The molecule has 1 aliphatic heterocycles. The van der Waals surface area contributed by atoms with Crippen LogP contribution in [0.4, 0.5) is 5.95 Å². The van der Waals surface area contributed by atoms with Crippen molar-refractivity contribution in [2.45, 2.75) is 19.9 Å². The van der Waals surface area contributed by atoms with Crippen LogP contribution in [0, 0.1) is 0 Å². The van der Waals surface area contributed by atoms with Gasteiger partial charge in [-0.05, 0) is 13.8 Å². The van der Waals surface area contributed by atoms with Crippen LogP contribution < -0.4 is 16.3 Å². The molecule has 106 valence electrons. The summed E-state index contributed by atoms with van der Waals surface area (Å²) in [6.45, 7) is 3.86. The number of nitrogens with zero attached hydrogens (tertiary/aromatic N) is 6. The van der Waals surface area contributed by atoms with Gasteiger partial charge in [-0.3, -0.25) is 18.5 Å². The molecule has 2 aromatic heterocycles. The summed E-state index contributed by atoms with van der Waals surface area (Å²) in [5.74, 6) is 0.566. The Labute approximate surface area is 114 Å². The van der Waals surface area contributed by atoms with Crippen LogP contribution in [0.15, 0.2) is 14.7 Å². The highest BCUT2D eigenvalue weighted by atomic mass is 16.2. The molecule has 0 aliphatic carbocycles. The number of aryl methyl sites for hydroxylation is 1. The zero-order valence-electron chi connectivity index (χ0n) is 12.1. The molecule has 0 spiro atoms. The van der Waals surface area contributed by atoms with Gasteiger partial charge in [0.25, 0.3) is 5.56 Å². The van der Waals surface area contributed by atoms with Crippen molar-refractivity contribution in [3.63, 3.8) is 0 Å². The summed E-state index contributed by atoms with van der Waals surface area (Å²) in [6, 6.07) is -0.0728. The van der Waals surface area contributed by atoms with Crippen LogP contribution in [0.3, 0.4) is 0 Å². The van der Waals surface area contributed by atoms with E-state index in [0.717, 1.165) is 10.3 Å². The molecule has 0 saturated heterocycles. The fourth-order valence-corrected chi connectivity index (χ4v) is 2.55. The van der Waals surface area contributed by atoms with Crippen LogP contribution in [0.1, 0.15) is 19.9 Å². The summed E-state index contributed by atoms with van der Waals surface area (Å²) in [6.07, 6.45) is 0. The number of hydrogen-bond acceptors (Lipinski definition) is 5. The topological polar surface area (TPSA) is 77.4 Å². The largest absolute Gasteiger partial charge is 0.332 e. The lowest BCUT2D eigenvalue weighted by Crippen LogP contribution is -2.38. The second-order valence-electron chi connectivity index (χ2n) is 5.10. The molecule has 0 saturated carbocycles. The number of hydrazone groups is 1. The standard InChI is InChI=1S/C12H16N6O2/c1-6-7(2)18-8-9(13-11(18)17(5)14-6)15(3)12(20)16(4)10(8)19/h7H,1-5H3/t7-/m1/s1. The van der Waals surface area contributed by atoms with E-state index in [4.69, 9.17) is 0 Å². The van der Waals surface area contributed by atoms with Crippen molar-refractivity contribution in [1.29, 1.82) is 0 Å². The van der Waals surface area contributed by atoms with Crippen LogP contribution in [-0.2, 0) is 14.1 Å². The van der Waals surface area contributed by atoms with Gasteiger partial charge in [-0.25, -0.2) is 9.80 Å². The molecule has 3 rings (SSSR count). The van der Waals surface area contributed by atoms with Crippen molar-refractivity contribution in [2.24, 2.45) is 19.2 Å². The lowest BCUT2D eigenvalue weighted by molar-refractivity contribution is 0.654. The summed E-state index contributed by atoms with van der Waals surface area (Å²) in [5, 5.41) is 6.00. The minimum absolute atomic E-state index is 0.0728. The maximum absolute atomic E-state index is 12.4. The number of imidazole rings is 1. The molecule has 3 heterocycles. The molecule has 1 atom stereocenters. The fourth-order valence-electron chi connectivity index (χ4n) is 2.55. The van der Waals surface area contributed by atoms with Crippen molar-refractivity contribution in [3.8, 4) is 0 Å². The molecule has 0 bridgehead atoms. The Morgan fingerprint density at radius 2 is 1.75 bits per heavy atom. The van der Waals surface area contributed by atoms with Gasteiger partial charge in [-0.15, -0.1) is 0 Å². The van der Waals surface area contributed by atoms with E-state index < -0.39 is 0 Å². The fraction of sp³-hybridized carbons (Fsp3) is 0.500. The molecule has 0 radical (unpaired) electrons. The van der Waals surface area contributed by atoms with Crippen molar-refractivity contribution in [1.82, 2.24) is 18.7 Å². The quantitative estimate of drug-likeness (QED) is 0.669. The average Bonchev–Trinajstić information content (AvgIpc) is 2.81. The number of rotatable bonds is 0. The highest BCUT2D eigenvalue weighted by Crippen LogP contribution is 2.28. The van der Waals surface area contributed by atoms with Gasteiger partial charge in [0.2, 0.25) is 5.95 Å². The predicted octanol–water partition coefficient (Wildman–Crippen LogP) is -0.180. The summed E-state index contributed by atoms with van der Waals surface area (Å²) in [5.41, 5.74) is 0.979. The molecule has 1 aliphatic rings. The zero-order valence-corrected chi connectivity index (χ0v) is 12.1. The Morgan fingerprint density at radius 1 is 1.10 bits per heavy atom. The Bertz CT molecular complexity index is 869. The molecule has 0 aromatic carbocycles. The number of fused-ring (bicyclic) bond motifs is 3. The van der Waals surface area contributed by atoms with Gasteiger partial charge in [0.05, 0.1) is 11.8 Å². The molecule has 0 amide bonds. The lowest BCUT2D eigenvalue weighted by Gasteiger charge is -2.26. The van der Waals surface area contributed by atoms with Crippen molar-refractivity contribution < 1.29 is 0 Å². The first-order valence-electron chi connectivity index (χ1n) is 6.31. The van der Waals surface area contributed by atoms with Gasteiger partial charge in [0, 0.05) is 21.1 Å². The van der Waals surface area contributed by atoms with E-state index in [9.17, 15) is 9.59 Å². The summed E-state index contributed by atoms with van der Waals surface area (Å²) >= 11 is 0. The van der Waals surface area contributed by atoms with Gasteiger partial charge in [0.15, 0.2) is 11.2 Å². The molecule has 8 nitrogen and oxygen atoms in total. The van der Waals surface area contributed by atoms with Gasteiger partial charge >= 0.3 is 5.69 Å². The maximum atomic E-state index is 12.4. The Morgan fingerprint density at radius 3 is 2.40 bits per heavy atom. The van der Waals surface area contributed by atoms with Gasteiger partial charge in [0.1, 0.15) is 0 Å². The summed E-state index contributed by atoms with van der Waals surface area (Å²) in [4.78, 5) is 28.8. The minimum atomic E-state index is -0.383. The average molecular weight is 276 g/mol. The molecule has 2 aromatic rings. The monoisotopic (exact) mass is 276 g/mol. The first kappa shape index (κ1) is 12.6. The summed E-state index contributed by atoms with van der Waals surface area (Å²) in [7, 11) is 4.86. The molecule has 0 unspecified atom stereocenters. The predicted molar refractivity (Wildman–Crippen MR) is 76.4 cm³/mol. The molecule has 0 N–H and O–H groups in total. The van der Waals surface area contributed by atoms with E-state index in [1.165, 1.54) is 11.6 Å². The van der Waals surface area contributed by atoms with Crippen LogP contribution in [0.5, 0.6) is 0 Å². The van der Waals surface area contributed by atoms with Gasteiger partial charge in [-0.1, -0.05) is 0 Å². The third-order valence-electron chi connectivity index (χ3n) is 3.86. The molecular formula is C12H16N6O2. The van der Waals surface area contributed by atoms with Crippen LogP contribution >= 0.6 is 0 Å². The SMILES string of the molecule is CC1=NN(C)c2nc3c(c(=O)n(C)c(=O)n3C)n2[C@@H]1C. The van der Waals surface area contributed by atoms with E-state index in [2.05, 4.69) is 10.1 Å². The van der Waals surface area contributed by atoms with Crippen molar-refractivity contribution >= 4 is 22.8 Å². The number of hydrogen-bond donors (Lipinski definition) is 0. The number of aromatic nitrogens is 4. The minimum Gasteiger partial charge on any atom is -0.294 e. The van der Waals surface area contributed by atoms with E-state index in [1.807, 2.05) is 18.4 Å². The third-order valence-corrected chi connectivity index (χ3v) is 3.86. The van der Waals surface area contributed by atoms with Crippen LogP contribution in [-0.4, -0.2) is 31.4 Å². The highest BCUT2D eigenvalue weighted by Gasteiger charge is 2.28. The van der Waals surface area contributed by atoms with Crippen LogP contribution in [0.2, 0.25) is 0 Å². The molecular weight excluding hydrogens is 260 g/mol. The Kier molecular flexibility index (Phi) is 2.41. The maximum Gasteiger partial charge on any atom is 0.332 e. The normalized spacial score (nSPS) is 18.4. The Hall–Kier alpha value is -2.38. The first-order valence-corrected chi connectivity index (χ1v) is 6.31. The highest BCUT2D eigenvalue weighted by molar-refractivity contribution is 5.90. The van der Waals surface area contributed by atoms with Gasteiger partial charge < -0.3 is 0 Å². The van der Waals surface area contributed by atoms with E-state index in [1.54, 1.807) is 19.1 Å². The van der Waals surface area contributed by atoms with E-state index in [-0.39, 0.29) is 17.3 Å². The third kappa shape index (κ3) is 1.36. The molecule has 0 fully saturated rings. The van der Waals surface area contributed by atoms with E-state index >= 15 is 0 Å². The summed E-state index contributed by atoms with van der Waals surface area (Å²) < 4.78 is 4.32. The number of anilines is 1. The zero-order chi connectivity index (χ0) is 14.8. The molecule has 8 heteroatoms. The second-order valence-corrected chi connectivity index (χ2v) is 5.10. The smallest absolute Gasteiger partial charge is 0.294 e. The van der Waals surface area contributed by atoms with Gasteiger partial charge in [-0.2, -0.15) is 10.1 Å². The van der Waals surface area contributed by atoms with Crippen molar-refractivity contribution in [3.05, 3.63) is 20.8 Å².